The monoisotopic (exact) mass is 305 g/mol. The molecule has 0 amide bonds. The zero-order valence-corrected chi connectivity index (χ0v) is 12.6. The third kappa shape index (κ3) is 1.40. The van der Waals surface area contributed by atoms with Crippen molar-refractivity contribution in [2.45, 2.75) is 13.0 Å². The average Bonchev–Trinajstić information content (AvgIpc) is 3.07. The zero-order valence-electron chi connectivity index (χ0n) is 12.6. The van der Waals surface area contributed by atoms with Crippen molar-refractivity contribution in [1.82, 2.24) is 0 Å². The summed E-state index contributed by atoms with van der Waals surface area (Å²) in [4.78, 5) is 2.36. The van der Waals surface area contributed by atoms with Crippen LogP contribution in [0.1, 0.15) is 11.1 Å². The van der Waals surface area contributed by atoms with E-state index in [1.807, 2.05) is 0 Å². The molecule has 3 aromatic carbocycles. The van der Waals surface area contributed by atoms with Gasteiger partial charge in [0.2, 0.25) is 6.79 Å². The van der Waals surface area contributed by atoms with Crippen LogP contribution >= 0.6 is 0 Å². The van der Waals surface area contributed by atoms with Crippen LogP contribution in [0.25, 0.3) is 21.5 Å². The molecule has 0 saturated carbocycles. The van der Waals surface area contributed by atoms with Crippen LogP contribution in [-0.2, 0) is 17.8 Å². The van der Waals surface area contributed by atoms with Crippen molar-refractivity contribution in [2.24, 2.45) is 0 Å². The summed E-state index contributed by atoms with van der Waals surface area (Å²) in [5, 5.41) is 5.03. The highest BCUT2D eigenvalue weighted by Gasteiger charge is 2.31. The molecule has 114 valence electrons. The van der Waals surface area contributed by atoms with Crippen LogP contribution in [0, 0.1) is 0 Å². The standard InChI is InChI=1S/C19H15NO3/c1-2-4-13-12(3-1)14-8-21-9-20-6-5-11-7-15-19(23-10-22-15)17(13)16(11)18(14)20/h1-4,7H,5-6,8-10H2. The van der Waals surface area contributed by atoms with Gasteiger partial charge in [-0.05, 0) is 28.8 Å². The Balaban J connectivity index is 1.93. The summed E-state index contributed by atoms with van der Waals surface area (Å²) in [7, 11) is 0. The summed E-state index contributed by atoms with van der Waals surface area (Å²) < 4.78 is 17.4. The summed E-state index contributed by atoms with van der Waals surface area (Å²) in [6.07, 6.45) is 1.02. The molecule has 0 unspecified atom stereocenters. The Labute approximate surface area is 133 Å². The summed E-state index contributed by atoms with van der Waals surface area (Å²) in [5.41, 5.74) is 4.01. The summed E-state index contributed by atoms with van der Waals surface area (Å²) >= 11 is 0. The number of hydrogen-bond donors (Lipinski definition) is 0. The van der Waals surface area contributed by atoms with Crippen LogP contribution in [0.2, 0.25) is 0 Å². The summed E-state index contributed by atoms with van der Waals surface area (Å²) in [5.74, 6) is 1.79. The van der Waals surface area contributed by atoms with Crippen LogP contribution < -0.4 is 14.4 Å². The molecule has 0 radical (unpaired) electrons. The molecule has 0 bridgehead atoms. The number of hydrogen-bond acceptors (Lipinski definition) is 4. The Hall–Kier alpha value is -2.46. The first-order valence-corrected chi connectivity index (χ1v) is 8.03. The minimum Gasteiger partial charge on any atom is -0.454 e. The van der Waals surface area contributed by atoms with Gasteiger partial charge in [0, 0.05) is 22.9 Å². The van der Waals surface area contributed by atoms with E-state index in [0.29, 0.717) is 20.1 Å². The van der Waals surface area contributed by atoms with Gasteiger partial charge in [0.15, 0.2) is 11.5 Å². The van der Waals surface area contributed by atoms with Crippen molar-refractivity contribution in [1.29, 1.82) is 0 Å². The van der Waals surface area contributed by atoms with Gasteiger partial charge in [-0.1, -0.05) is 24.3 Å². The minimum absolute atomic E-state index is 0.312. The van der Waals surface area contributed by atoms with E-state index in [9.17, 15) is 0 Å². The summed E-state index contributed by atoms with van der Waals surface area (Å²) in [6, 6.07) is 10.7. The van der Waals surface area contributed by atoms with Gasteiger partial charge in [-0.3, -0.25) is 0 Å². The average molecular weight is 305 g/mol. The fourth-order valence-corrected chi connectivity index (χ4v) is 4.31. The lowest BCUT2D eigenvalue weighted by molar-refractivity contribution is 0.111. The second-order valence-corrected chi connectivity index (χ2v) is 6.38. The lowest BCUT2D eigenvalue weighted by Gasteiger charge is -2.37. The van der Waals surface area contributed by atoms with Crippen LogP contribution in [0.4, 0.5) is 5.69 Å². The molecule has 4 heteroatoms. The van der Waals surface area contributed by atoms with E-state index in [2.05, 4.69) is 35.2 Å². The number of anilines is 1. The second-order valence-electron chi connectivity index (χ2n) is 6.38. The van der Waals surface area contributed by atoms with Crippen molar-refractivity contribution in [3.63, 3.8) is 0 Å². The van der Waals surface area contributed by atoms with Gasteiger partial charge >= 0.3 is 0 Å². The maximum atomic E-state index is 5.85. The van der Waals surface area contributed by atoms with E-state index in [0.717, 1.165) is 24.5 Å². The van der Waals surface area contributed by atoms with Crippen molar-refractivity contribution in [3.8, 4) is 11.5 Å². The van der Waals surface area contributed by atoms with Crippen LogP contribution in [0.3, 0.4) is 0 Å². The topological polar surface area (TPSA) is 30.9 Å². The molecule has 0 aromatic heterocycles. The molecule has 0 aliphatic carbocycles. The van der Waals surface area contributed by atoms with E-state index < -0.39 is 0 Å². The van der Waals surface area contributed by atoms with Gasteiger partial charge < -0.3 is 19.1 Å². The smallest absolute Gasteiger partial charge is 0.231 e. The predicted molar refractivity (Wildman–Crippen MR) is 88.3 cm³/mol. The number of benzene rings is 3. The molecule has 4 nitrogen and oxygen atoms in total. The van der Waals surface area contributed by atoms with Gasteiger partial charge in [0.1, 0.15) is 6.73 Å². The Kier molecular flexibility index (Phi) is 2.14. The Morgan fingerprint density at radius 2 is 1.91 bits per heavy atom. The fourth-order valence-electron chi connectivity index (χ4n) is 4.31. The third-order valence-electron chi connectivity index (χ3n) is 5.25. The van der Waals surface area contributed by atoms with Crippen molar-refractivity contribution < 1.29 is 14.2 Å². The lowest BCUT2D eigenvalue weighted by Crippen LogP contribution is -2.35. The maximum absolute atomic E-state index is 5.85. The van der Waals surface area contributed by atoms with E-state index >= 15 is 0 Å². The molecule has 0 N–H and O–H groups in total. The number of rotatable bonds is 0. The number of ether oxygens (including phenoxy) is 3. The fraction of sp³-hybridized carbons (Fsp3) is 0.263. The third-order valence-corrected chi connectivity index (χ3v) is 5.25. The van der Waals surface area contributed by atoms with Gasteiger partial charge in [-0.25, -0.2) is 0 Å². The van der Waals surface area contributed by atoms with E-state index in [4.69, 9.17) is 14.2 Å². The van der Waals surface area contributed by atoms with E-state index in [1.54, 1.807) is 0 Å². The largest absolute Gasteiger partial charge is 0.454 e. The first-order chi connectivity index (χ1) is 11.4. The predicted octanol–water partition coefficient (Wildman–Crippen LogP) is 3.57. The normalized spacial score (nSPS) is 18.0. The molecular weight excluding hydrogens is 290 g/mol. The van der Waals surface area contributed by atoms with Crippen molar-refractivity contribution in [3.05, 3.63) is 41.5 Å². The van der Waals surface area contributed by atoms with Crippen LogP contribution in [0.15, 0.2) is 30.3 Å². The molecule has 3 aromatic rings. The first kappa shape index (κ1) is 12.0. The van der Waals surface area contributed by atoms with Gasteiger partial charge in [-0.2, -0.15) is 0 Å². The molecular formula is C19H15NO3. The highest BCUT2D eigenvalue weighted by molar-refractivity contribution is 6.20. The molecule has 3 aliphatic heterocycles. The van der Waals surface area contributed by atoms with E-state index in [1.165, 1.54) is 38.4 Å². The maximum Gasteiger partial charge on any atom is 0.231 e. The Bertz CT molecular complexity index is 995. The van der Waals surface area contributed by atoms with Gasteiger partial charge in [-0.15, -0.1) is 0 Å². The van der Waals surface area contributed by atoms with Crippen LogP contribution in [0.5, 0.6) is 11.5 Å². The van der Waals surface area contributed by atoms with Crippen LogP contribution in [-0.4, -0.2) is 20.1 Å². The zero-order chi connectivity index (χ0) is 15.0. The molecule has 0 atom stereocenters. The SMILES string of the molecule is c1ccc2c(c1)c1c3c4c(cc5c(c42)OCO5)CCN3COC1. The number of nitrogens with zero attached hydrogens (tertiary/aromatic N) is 1. The molecule has 3 aliphatic rings. The first-order valence-electron chi connectivity index (χ1n) is 8.03. The van der Waals surface area contributed by atoms with Gasteiger partial charge in [0.25, 0.3) is 0 Å². The van der Waals surface area contributed by atoms with Gasteiger partial charge in [0.05, 0.1) is 12.3 Å². The quantitative estimate of drug-likeness (QED) is 0.594. The molecule has 3 heterocycles. The van der Waals surface area contributed by atoms with Crippen molar-refractivity contribution in [2.75, 3.05) is 25.0 Å². The number of fused-ring (bicyclic) bond motifs is 5. The minimum atomic E-state index is 0.312. The second kappa shape index (κ2) is 4.09. The highest BCUT2D eigenvalue weighted by atomic mass is 16.7. The van der Waals surface area contributed by atoms with E-state index in [-0.39, 0.29) is 0 Å². The highest BCUT2D eigenvalue weighted by Crippen LogP contribution is 2.51. The Morgan fingerprint density at radius 1 is 1.00 bits per heavy atom. The molecule has 6 rings (SSSR count). The molecule has 0 spiro atoms. The molecule has 0 saturated heterocycles. The lowest BCUT2D eigenvalue weighted by atomic mass is 9.87. The Morgan fingerprint density at radius 3 is 2.87 bits per heavy atom. The van der Waals surface area contributed by atoms with Crippen molar-refractivity contribution >= 4 is 27.2 Å². The molecule has 23 heavy (non-hydrogen) atoms. The summed E-state index contributed by atoms with van der Waals surface area (Å²) in [6.45, 7) is 2.66. The molecule has 0 fully saturated rings.